The molecule has 4 aromatic carbocycles. The fourth-order valence-electron chi connectivity index (χ4n) is 6.27. The van der Waals surface area contributed by atoms with Crippen LogP contribution in [0.2, 0.25) is 0 Å². The molecular weight excluding hydrogens is 424 g/mol. The maximum Gasteiger partial charge on any atom is 0.159 e. The summed E-state index contributed by atoms with van der Waals surface area (Å²) >= 11 is 0. The van der Waals surface area contributed by atoms with Crippen LogP contribution < -0.4 is 15.6 Å². The van der Waals surface area contributed by atoms with Crippen LogP contribution in [0.15, 0.2) is 84.9 Å². The van der Waals surface area contributed by atoms with Crippen molar-refractivity contribution in [3.05, 3.63) is 129 Å². The third-order valence-corrected chi connectivity index (χ3v) is 12.3. The molecule has 34 heavy (non-hydrogen) atoms. The lowest BCUT2D eigenvalue weighted by Crippen LogP contribution is -2.70. The van der Waals surface area contributed by atoms with Crippen molar-refractivity contribution in [1.82, 2.24) is 0 Å². The van der Waals surface area contributed by atoms with Crippen molar-refractivity contribution in [2.75, 3.05) is 0 Å². The zero-order valence-electron chi connectivity index (χ0n) is 21.2. The average Bonchev–Trinajstić information content (AvgIpc) is 3.17. The largest absolute Gasteiger partial charge is 0.159 e. The van der Waals surface area contributed by atoms with Crippen LogP contribution in [0.3, 0.4) is 0 Å². The SMILES string of the molecule is Cc1cc(C)cc([Si](c2cc(C)cc(C)c2)(c2cc(C)cc(C)c2)C2C=Cc3ccccc32)c1. The fourth-order valence-corrected chi connectivity index (χ4v) is 12.2. The number of allylic oxidation sites excluding steroid dienone is 1. The lowest BCUT2D eigenvalue weighted by atomic mass is 10.1. The predicted octanol–water partition coefficient (Wildman–Crippen LogP) is 6.36. The standard InChI is InChI=1S/C33H34Si/c1-22-13-23(2)17-29(16-22)34(30-18-24(3)14-25(4)19-30,31-20-26(5)15-27(6)21-31)33-12-11-28-9-7-8-10-32(28)33/h7-21,33H,1-6H3. The second kappa shape index (κ2) is 8.56. The molecule has 0 nitrogen and oxygen atoms in total. The van der Waals surface area contributed by atoms with Gasteiger partial charge < -0.3 is 0 Å². The van der Waals surface area contributed by atoms with E-state index < -0.39 is 8.07 Å². The summed E-state index contributed by atoms with van der Waals surface area (Å²) in [6.45, 7) is 13.5. The fraction of sp³-hybridized carbons (Fsp3) is 0.212. The smallest absolute Gasteiger partial charge is 0.0781 e. The van der Waals surface area contributed by atoms with Gasteiger partial charge in [0.15, 0.2) is 8.07 Å². The maximum absolute atomic E-state index is 2.52. The van der Waals surface area contributed by atoms with Gasteiger partial charge >= 0.3 is 0 Å². The van der Waals surface area contributed by atoms with Gasteiger partial charge in [0.2, 0.25) is 0 Å². The van der Waals surface area contributed by atoms with Crippen LogP contribution in [0.4, 0.5) is 0 Å². The Morgan fingerprint density at radius 2 is 0.882 bits per heavy atom. The highest BCUT2D eigenvalue weighted by atomic mass is 28.3. The van der Waals surface area contributed by atoms with Crippen LogP contribution in [-0.4, -0.2) is 8.07 Å². The molecular formula is C33H34Si. The summed E-state index contributed by atoms with van der Waals surface area (Å²) in [4.78, 5) is 0. The van der Waals surface area contributed by atoms with E-state index in [0.29, 0.717) is 5.54 Å². The van der Waals surface area contributed by atoms with Crippen molar-refractivity contribution >= 4 is 29.7 Å². The van der Waals surface area contributed by atoms with Gasteiger partial charge in [-0.2, -0.15) is 0 Å². The van der Waals surface area contributed by atoms with Crippen LogP contribution in [0.5, 0.6) is 0 Å². The Hall–Kier alpha value is -3.16. The van der Waals surface area contributed by atoms with Crippen LogP contribution >= 0.6 is 0 Å². The summed E-state index contributed by atoms with van der Waals surface area (Å²) in [5, 5.41) is 4.52. The molecule has 4 aromatic rings. The summed E-state index contributed by atoms with van der Waals surface area (Å²) in [7, 11) is -2.52. The van der Waals surface area contributed by atoms with Crippen molar-refractivity contribution in [1.29, 1.82) is 0 Å². The topological polar surface area (TPSA) is 0 Å². The number of aryl methyl sites for hydroxylation is 6. The van der Waals surface area contributed by atoms with Gasteiger partial charge in [0.05, 0.1) is 0 Å². The summed E-state index contributed by atoms with van der Waals surface area (Å²) in [5.74, 6) is 0. The van der Waals surface area contributed by atoms with Crippen molar-refractivity contribution in [3.8, 4) is 0 Å². The van der Waals surface area contributed by atoms with Crippen LogP contribution in [0.1, 0.15) is 50.0 Å². The Kier molecular flexibility index (Phi) is 5.70. The van der Waals surface area contributed by atoms with E-state index in [1.807, 2.05) is 0 Å². The van der Waals surface area contributed by atoms with Crippen LogP contribution in [-0.2, 0) is 0 Å². The first kappa shape index (κ1) is 22.6. The third-order valence-electron chi connectivity index (χ3n) is 7.30. The second-order valence-corrected chi connectivity index (χ2v) is 14.4. The van der Waals surface area contributed by atoms with Gasteiger partial charge in [-0.3, -0.25) is 0 Å². The predicted molar refractivity (Wildman–Crippen MR) is 151 cm³/mol. The molecule has 5 rings (SSSR count). The number of benzene rings is 4. The highest BCUT2D eigenvalue weighted by molar-refractivity contribution is 7.12. The molecule has 0 bridgehead atoms. The number of hydrogen-bond donors (Lipinski definition) is 0. The van der Waals surface area contributed by atoms with E-state index in [0.717, 1.165) is 0 Å². The number of hydrogen-bond acceptors (Lipinski definition) is 0. The van der Waals surface area contributed by atoms with Crippen molar-refractivity contribution in [3.63, 3.8) is 0 Å². The van der Waals surface area contributed by atoms with E-state index in [1.165, 1.54) is 60.1 Å². The molecule has 1 aliphatic rings. The molecule has 0 saturated heterocycles. The molecule has 1 aliphatic carbocycles. The Balaban J connectivity index is 1.98. The van der Waals surface area contributed by atoms with Gasteiger partial charge in [-0.05, 0) is 68.2 Å². The molecule has 0 amide bonds. The Morgan fingerprint density at radius 3 is 1.29 bits per heavy atom. The summed E-state index contributed by atoms with van der Waals surface area (Å²) < 4.78 is 0. The molecule has 1 unspecified atom stereocenters. The Labute approximate surface area is 206 Å². The zero-order valence-corrected chi connectivity index (χ0v) is 22.2. The molecule has 0 radical (unpaired) electrons. The first-order valence-electron chi connectivity index (χ1n) is 12.3. The zero-order chi connectivity index (χ0) is 24.0. The number of rotatable bonds is 4. The first-order chi connectivity index (χ1) is 16.3. The van der Waals surface area contributed by atoms with Crippen LogP contribution in [0.25, 0.3) is 6.08 Å². The quantitative estimate of drug-likeness (QED) is 0.247. The van der Waals surface area contributed by atoms with E-state index in [2.05, 4.69) is 133 Å². The molecule has 0 saturated carbocycles. The molecule has 0 fully saturated rings. The van der Waals surface area contributed by atoms with Crippen molar-refractivity contribution in [2.45, 2.75) is 47.1 Å². The lowest BCUT2D eigenvalue weighted by molar-refractivity contribution is 1.19. The first-order valence-corrected chi connectivity index (χ1v) is 14.4. The third kappa shape index (κ3) is 3.78. The van der Waals surface area contributed by atoms with E-state index >= 15 is 0 Å². The van der Waals surface area contributed by atoms with E-state index in [-0.39, 0.29) is 0 Å². The summed E-state index contributed by atoms with van der Waals surface area (Å²) in [6.07, 6.45) is 4.86. The molecule has 1 heteroatoms. The minimum atomic E-state index is -2.52. The van der Waals surface area contributed by atoms with Gasteiger partial charge in [-0.1, -0.05) is 124 Å². The molecule has 0 aromatic heterocycles. The Morgan fingerprint density at radius 1 is 0.500 bits per heavy atom. The van der Waals surface area contributed by atoms with Gasteiger partial charge in [-0.25, -0.2) is 0 Å². The second-order valence-electron chi connectivity index (χ2n) is 10.4. The Bertz CT molecular complexity index is 1240. The molecule has 1 atom stereocenters. The monoisotopic (exact) mass is 458 g/mol. The molecule has 0 aliphatic heterocycles. The average molecular weight is 459 g/mol. The minimum absolute atomic E-state index is 0.340. The molecule has 0 spiro atoms. The van der Waals surface area contributed by atoms with Gasteiger partial charge in [0, 0.05) is 5.54 Å². The lowest BCUT2D eigenvalue weighted by Gasteiger charge is -2.40. The van der Waals surface area contributed by atoms with Gasteiger partial charge in [-0.15, -0.1) is 0 Å². The van der Waals surface area contributed by atoms with E-state index in [1.54, 1.807) is 0 Å². The maximum atomic E-state index is 2.50. The molecule has 170 valence electrons. The van der Waals surface area contributed by atoms with Gasteiger partial charge in [0.1, 0.15) is 0 Å². The molecule has 0 N–H and O–H groups in total. The summed E-state index contributed by atoms with van der Waals surface area (Å²) in [5.41, 5.74) is 11.2. The highest BCUT2D eigenvalue weighted by Gasteiger charge is 2.48. The van der Waals surface area contributed by atoms with E-state index in [9.17, 15) is 0 Å². The minimum Gasteiger partial charge on any atom is -0.0781 e. The van der Waals surface area contributed by atoms with Crippen molar-refractivity contribution in [2.24, 2.45) is 0 Å². The highest BCUT2D eigenvalue weighted by Crippen LogP contribution is 2.37. The van der Waals surface area contributed by atoms with Crippen LogP contribution in [0, 0.1) is 41.5 Å². The molecule has 0 heterocycles. The van der Waals surface area contributed by atoms with E-state index in [4.69, 9.17) is 0 Å². The van der Waals surface area contributed by atoms with Gasteiger partial charge in [0.25, 0.3) is 0 Å². The van der Waals surface area contributed by atoms with Crippen molar-refractivity contribution < 1.29 is 0 Å². The normalized spacial score (nSPS) is 14.9. The number of fused-ring (bicyclic) bond motifs is 1. The summed E-state index contributed by atoms with van der Waals surface area (Å²) in [6, 6.07) is 30.8.